The van der Waals surface area contributed by atoms with Gasteiger partial charge in [0.15, 0.2) is 17.5 Å². The number of aromatic nitrogens is 3. The molecule has 0 amide bonds. The quantitative estimate of drug-likeness (QED) is 0.187. The van der Waals surface area contributed by atoms with Gasteiger partial charge < -0.3 is 8.83 Å². The second kappa shape index (κ2) is 11.4. The zero-order valence-corrected chi connectivity index (χ0v) is 26.7. The molecule has 0 unspecified atom stereocenters. The first-order valence-corrected chi connectivity index (χ1v) is 16.6. The molecule has 234 valence electrons. The van der Waals surface area contributed by atoms with Crippen LogP contribution in [0.4, 0.5) is 0 Å². The van der Waals surface area contributed by atoms with Crippen molar-refractivity contribution in [2.75, 3.05) is 0 Å². The predicted octanol–water partition coefficient (Wildman–Crippen LogP) is 12.0. The standard InChI is InChI=1S/C45H27N3O2/c1-3-12-28(13-4-1)29-24-26-31(27-25-29)43-46-44(48-45(47-43)36-20-9-18-34-33-16-7-8-21-37(33)50-42(34)36)35-19-11-23-39-41(35)40-32(17-10-22-38(40)49-39)30-14-5-2-6-15-30/h1-27H. The van der Waals surface area contributed by atoms with Crippen molar-refractivity contribution < 1.29 is 8.83 Å². The van der Waals surface area contributed by atoms with Crippen molar-refractivity contribution in [2.24, 2.45) is 0 Å². The number of hydrogen-bond acceptors (Lipinski definition) is 5. The molecule has 3 aromatic heterocycles. The van der Waals surface area contributed by atoms with Crippen molar-refractivity contribution in [2.45, 2.75) is 0 Å². The Morgan fingerprint density at radius 3 is 1.56 bits per heavy atom. The van der Waals surface area contributed by atoms with E-state index in [1.165, 1.54) is 0 Å². The van der Waals surface area contributed by atoms with Crippen LogP contribution in [0, 0.1) is 0 Å². The monoisotopic (exact) mass is 641 g/mol. The first-order chi connectivity index (χ1) is 24.8. The minimum absolute atomic E-state index is 0.537. The molecule has 0 N–H and O–H groups in total. The lowest BCUT2D eigenvalue weighted by atomic mass is 9.97. The first-order valence-electron chi connectivity index (χ1n) is 16.6. The summed E-state index contributed by atoms with van der Waals surface area (Å²) in [6, 6.07) is 55.7. The van der Waals surface area contributed by atoms with E-state index in [2.05, 4.69) is 97.1 Å². The summed E-state index contributed by atoms with van der Waals surface area (Å²) in [5, 5.41) is 4.06. The molecule has 7 aromatic carbocycles. The molecular weight excluding hydrogens is 615 g/mol. The SMILES string of the molecule is c1ccc(-c2ccc(-c3nc(-c4cccc5c4oc4ccccc45)nc(-c4cccc5oc6cccc(-c7ccccc7)c6c45)n3)cc2)cc1. The van der Waals surface area contributed by atoms with Crippen molar-refractivity contribution in [1.82, 2.24) is 15.0 Å². The highest BCUT2D eigenvalue weighted by molar-refractivity contribution is 6.17. The van der Waals surface area contributed by atoms with Gasteiger partial charge in [-0.25, -0.2) is 15.0 Å². The van der Waals surface area contributed by atoms with E-state index in [-0.39, 0.29) is 0 Å². The van der Waals surface area contributed by atoms with Gasteiger partial charge in [0.05, 0.1) is 5.56 Å². The van der Waals surface area contributed by atoms with Crippen molar-refractivity contribution in [3.05, 3.63) is 164 Å². The van der Waals surface area contributed by atoms with Crippen LogP contribution < -0.4 is 0 Å². The number of benzene rings is 7. The number of para-hydroxylation sites is 2. The van der Waals surface area contributed by atoms with Crippen LogP contribution in [0.2, 0.25) is 0 Å². The lowest BCUT2D eigenvalue weighted by Gasteiger charge is -2.11. The van der Waals surface area contributed by atoms with E-state index in [9.17, 15) is 0 Å². The molecule has 0 saturated heterocycles. The maximum absolute atomic E-state index is 6.47. The molecule has 0 spiro atoms. The van der Waals surface area contributed by atoms with Crippen LogP contribution in [-0.4, -0.2) is 15.0 Å². The van der Waals surface area contributed by atoms with Gasteiger partial charge in [0.2, 0.25) is 0 Å². The zero-order chi connectivity index (χ0) is 33.0. The van der Waals surface area contributed by atoms with Crippen LogP contribution in [0.15, 0.2) is 173 Å². The zero-order valence-electron chi connectivity index (χ0n) is 26.7. The van der Waals surface area contributed by atoms with E-state index in [4.69, 9.17) is 23.8 Å². The van der Waals surface area contributed by atoms with Crippen LogP contribution in [-0.2, 0) is 0 Å². The van der Waals surface area contributed by atoms with Gasteiger partial charge in [-0.3, -0.25) is 0 Å². The summed E-state index contributed by atoms with van der Waals surface area (Å²) in [7, 11) is 0. The molecular formula is C45H27N3O2. The lowest BCUT2D eigenvalue weighted by Crippen LogP contribution is -2.00. The smallest absolute Gasteiger partial charge is 0.167 e. The fraction of sp³-hybridized carbons (Fsp3) is 0. The summed E-state index contributed by atoms with van der Waals surface area (Å²) in [6.45, 7) is 0. The Morgan fingerprint density at radius 2 is 0.800 bits per heavy atom. The van der Waals surface area contributed by atoms with Gasteiger partial charge in [-0.1, -0.05) is 140 Å². The van der Waals surface area contributed by atoms with Crippen LogP contribution in [0.3, 0.4) is 0 Å². The Morgan fingerprint density at radius 1 is 0.300 bits per heavy atom. The number of fused-ring (bicyclic) bond motifs is 6. The number of hydrogen-bond donors (Lipinski definition) is 0. The fourth-order valence-corrected chi connectivity index (χ4v) is 7.02. The molecule has 0 bridgehead atoms. The van der Waals surface area contributed by atoms with E-state index >= 15 is 0 Å². The van der Waals surface area contributed by atoms with Crippen LogP contribution in [0.25, 0.3) is 100 Å². The fourth-order valence-electron chi connectivity index (χ4n) is 7.02. The average Bonchev–Trinajstić information content (AvgIpc) is 3.77. The van der Waals surface area contributed by atoms with E-state index in [0.29, 0.717) is 17.5 Å². The van der Waals surface area contributed by atoms with Gasteiger partial charge in [-0.15, -0.1) is 0 Å². The normalized spacial score (nSPS) is 11.6. The Balaban J connectivity index is 1.23. The van der Waals surface area contributed by atoms with Crippen molar-refractivity contribution >= 4 is 43.9 Å². The molecule has 0 aliphatic rings. The highest BCUT2D eigenvalue weighted by atomic mass is 16.3. The Hall–Kier alpha value is -6.85. The van der Waals surface area contributed by atoms with Crippen molar-refractivity contribution in [3.8, 4) is 56.4 Å². The number of furan rings is 2. The third-order valence-electron chi connectivity index (χ3n) is 9.38. The van der Waals surface area contributed by atoms with E-state index < -0.39 is 0 Å². The topological polar surface area (TPSA) is 65.0 Å². The Bertz CT molecular complexity index is 2850. The van der Waals surface area contributed by atoms with Gasteiger partial charge in [-0.2, -0.15) is 0 Å². The first kappa shape index (κ1) is 28.2. The molecule has 0 aliphatic heterocycles. The van der Waals surface area contributed by atoms with Crippen molar-refractivity contribution in [3.63, 3.8) is 0 Å². The molecule has 0 fully saturated rings. The third kappa shape index (κ3) is 4.60. The summed E-state index contributed by atoms with van der Waals surface area (Å²) in [4.78, 5) is 15.5. The largest absolute Gasteiger partial charge is 0.456 e. The second-order valence-corrected chi connectivity index (χ2v) is 12.4. The van der Waals surface area contributed by atoms with Crippen LogP contribution >= 0.6 is 0 Å². The summed E-state index contributed by atoms with van der Waals surface area (Å²) >= 11 is 0. The minimum Gasteiger partial charge on any atom is -0.456 e. The van der Waals surface area contributed by atoms with Gasteiger partial charge in [0.25, 0.3) is 0 Å². The number of nitrogens with zero attached hydrogens (tertiary/aromatic N) is 3. The summed E-state index contributed by atoms with van der Waals surface area (Å²) in [5.74, 6) is 1.67. The minimum atomic E-state index is 0.537. The summed E-state index contributed by atoms with van der Waals surface area (Å²) in [5.41, 5.74) is 10.2. The lowest BCUT2D eigenvalue weighted by molar-refractivity contribution is 0.668. The highest BCUT2D eigenvalue weighted by Gasteiger charge is 2.21. The molecule has 50 heavy (non-hydrogen) atoms. The van der Waals surface area contributed by atoms with E-state index in [0.717, 1.165) is 82.8 Å². The Kier molecular flexibility index (Phi) is 6.42. The van der Waals surface area contributed by atoms with Crippen LogP contribution in [0.1, 0.15) is 0 Å². The summed E-state index contributed by atoms with van der Waals surface area (Å²) < 4.78 is 12.9. The molecule has 5 nitrogen and oxygen atoms in total. The molecule has 0 aliphatic carbocycles. The molecule has 0 atom stereocenters. The molecule has 10 aromatic rings. The van der Waals surface area contributed by atoms with E-state index in [1.807, 2.05) is 66.7 Å². The van der Waals surface area contributed by atoms with Gasteiger partial charge >= 0.3 is 0 Å². The number of rotatable bonds is 5. The average molecular weight is 642 g/mol. The molecule has 5 heteroatoms. The molecule has 0 saturated carbocycles. The Labute approximate surface area is 287 Å². The maximum Gasteiger partial charge on any atom is 0.167 e. The van der Waals surface area contributed by atoms with Gasteiger partial charge in [0, 0.05) is 32.7 Å². The molecule has 0 radical (unpaired) electrons. The molecule has 10 rings (SSSR count). The van der Waals surface area contributed by atoms with Crippen molar-refractivity contribution in [1.29, 1.82) is 0 Å². The van der Waals surface area contributed by atoms with Gasteiger partial charge in [0.1, 0.15) is 22.3 Å². The summed E-state index contributed by atoms with van der Waals surface area (Å²) in [6.07, 6.45) is 0. The third-order valence-corrected chi connectivity index (χ3v) is 9.38. The maximum atomic E-state index is 6.47. The highest BCUT2D eigenvalue weighted by Crippen LogP contribution is 2.42. The molecule has 3 heterocycles. The predicted molar refractivity (Wildman–Crippen MR) is 202 cm³/mol. The van der Waals surface area contributed by atoms with E-state index in [1.54, 1.807) is 0 Å². The van der Waals surface area contributed by atoms with Crippen LogP contribution in [0.5, 0.6) is 0 Å². The second-order valence-electron chi connectivity index (χ2n) is 12.4. The van der Waals surface area contributed by atoms with Gasteiger partial charge in [-0.05, 0) is 46.5 Å².